The van der Waals surface area contributed by atoms with Crippen LogP contribution >= 0.6 is 0 Å². The van der Waals surface area contributed by atoms with Gasteiger partial charge < -0.3 is 4.98 Å². The highest BCUT2D eigenvalue weighted by molar-refractivity contribution is 5.73. The van der Waals surface area contributed by atoms with Gasteiger partial charge >= 0.3 is 0 Å². The van der Waals surface area contributed by atoms with Crippen LogP contribution in [-0.4, -0.2) is 37.7 Å². The fraction of sp³-hybridized carbons (Fsp3) is 0.522. The van der Waals surface area contributed by atoms with E-state index in [1.807, 2.05) is 4.68 Å². The molecule has 0 radical (unpaired) electrons. The van der Waals surface area contributed by atoms with Gasteiger partial charge in [0.05, 0.1) is 12.2 Å². The van der Waals surface area contributed by atoms with E-state index >= 15 is 0 Å². The first-order valence-electron chi connectivity index (χ1n) is 10.8. The maximum absolute atomic E-state index is 12.7. The van der Waals surface area contributed by atoms with Gasteiger partial charge in [0.1, 0.15) is 11.2 Å². The Morgan fingerprint density at radius 1 is 1.14 bits per heavy atom. The van der Waals surface area contributed by atoms with E-state index in [9.17, 15) is 4.79 Å². The molecule has 0 spiro atoms. The molecule has 3 aromatic rings. The van der Waals surface area contributed by atoms with Crippen LogP contribution in [0.15, 0.2) is 35.3 Å². The van der Waals surface area contributed by atoms with Crippen molar-refractivity contribution in [1.82, 2.24) is 24.6 Å². The van der Waals surface area contributed by atoms with Gasteiger partial charge in [-0.25, -0.2) is 9.67 Å². The molecule has 2 aliphatic rings. The molecule has 0 unspecified atom stereocenters. The van der Waals surface area contributed by atoms with Gasteiger partial charge in [0.2, 0.25) is 0 Å². The van der Waals surface area contributed by atoms with Crippen molar-refractivity contribution in [3.05, 3.63) is 57.8 Å². The van der Waals surface area contributed by atoms with Crippen molar-refractivity contribution in [2.45, 2.75) is 58.0 Å². The number of benzene rings is 1. The Labute approximate surface area is 171 Å². The average Bonchev–Trinajstić information content (AvgIpc) is 3.43. The zero-order valence-corrected chi connectivity index (χ0v) is 17.3. The summed E-state index contributed by atoms with van der Waals surface area (Å²) in [5, 5.41) is 5.14. The highest BCUT2D eigenvalue weighted by Crippen LogP contribution is 2.33. The molecule has 0 bridgehead atoms. The van der Waals surface area contributed by atoms with Crippen LogP contribution in [-0.2, 0) is 6.54 Å². The first kappa shape index (κ1) is 18.6. The van der Waals surface area contributed by atoms with E-state index < -0.39 is 0 Å². The molecule has 29 heavy (non-hydrogen) atoms. The van der Waals surface area contributed by atoms with Gasteiger partial charge in [-0.05, 0) is 31.2 Å². The van der Waals surface area contributed by atoms with Crippen molar-refractivity contribution < 1.29 is 0 Å². The largest absolute Gasteiger partial charge is 0.310 e. The number of aromatic nitrogens is 4. The van der Waals surface area contributed by atoms with Gasteiger partial charge in [-0.3, -0.25) is 9.69 Å². The molecule has 2 aromatic heterocycles. The summed E-state index contributed by atoms with van der Waals surface area (Å²) >= 11 is 0. The van der Waals surface area contributed by atoms with Crippen LogP contribution in [0.3, 0.4) is 0 Å². The SMILES string of the molecule is Cc1ccc(CN2C[C@@H](C)[C@H](c3nc4c(cnn4C4CCCC4)c(=O)[nH]3)C2)cc1. The molecule has 1 aliphatic carbocycles. The summed E-state index contributed by atoms with van der Waals surface area (Å²) < 4.78 is 2.00. The molecule has 3 heterocycles. The second-order valence-corrected chi connectivity index (χ2v) is 8.98. The van der Waals surface area contributed by atoms with Gasteiger partial charge in [-0.1, -0.05) is 49.6 Å². The predicted molar refractivity (Wildman–Crippen MR) is 114 cm³/mol. The van der Waals surface area contributed by atoms with Crippen molar-refractivity contribution in [2.24, 2.45) is 5.92 Å². The molecular formula is C23H29N5O. The van der Waals surface area contributed by atoms with Crippen molar-refractivity contribution in [1.29, 1.82) is 0 Å². The smallest absolute Gasteiger partial charge is 0.262 e. The van der Waals surface area contributed by atoms with Gasteiger partial charge in [0, 0.05) is 25.6 Å². The fourth-order valence-corrected chi connectivity index (χ4v) is 5.05. The zero-order chi connectivity index (χ0) is 20.0. The van der Waals surface area contributed by atoms with Crippen molar-refractivity contribution >= 4 is 11.0 Å². The monoisotopic (exact) mass is 391 g/mol. The van der Waals surface area contributed by atoms with E-state index in [1.165, 1.54) is 24.0 Å². The third kappa shape index (κ3) is 3.50. The molecule has 1 saturated heterocycles. The maximum atomic E-state index is 12.7. The standard InChI is InChI=1S/C23H29N5O/c1-15-7-9-17(10-8-15)13-27-12-16(2)20(14-27)21-25-22-19(23(29)26-21)11-24-28(22)18-5-3-4-6-18/h7-11,16,18,20H,3-6,12-14H2,1-2H3,(H,25,26,29)/t16-,20-/m1/s1. The highest BCUT2D eigenvalue weighted by Gasteiger charge is 2.33. The molecule has 1 aliphatic heterocycles. The Balaban J connectivity index is 1.41. The van der Waals surface area contributed by atoms with Crippen LogP contribution in [0.25, 0.3) is 11.0 Å². The summed E-state index contributed by atoms with van der Waals surface area (Å²) in [6, 6.07) is 9.14. The molecule has 6 heteroatoms. The molecule has 1 saturated carbocycles. The van der Waals surface area contributed by atoms with Crippen LogP contribution in [0, 0.1) is 12.8 Å². The normalized spacial score (nSPS) is 23.4. The number of aromatic amines is 1. The number of likely N-dealkylation sites (tertiary alicyclic amines) is 1. The number of nitrogens with one attached hydrogen (secondary N) is 1. The molecule has 2 atom stereocenters. The van der Waals surface area contributed by atoms with E-state index in [0.717, 1.165) is 43.9 Å². The van der Waals surface area contributed by atoms with E-state index in [4.69, 9.17) is 4.98 Å². The lowest BCUT2D eigenvalue weighted by molar-refractivity contribution is 0.318. The average molecular weight is 392 g/mol. The van der Waals surface area contributed by atoms with Crippen LogP contribution in [0.1, 0.15) is 61.5 Å². The number of rotatable bonds is 4. The van der Waals surface area contributed by atoms with Gasteiger partial charge in [-0.2, -0.15) is 5.10 Å². The third-order valence-corrected chi connectivity index (χ3v) is 6.72. The van der Waals surface area contributed by atoms with E-state index in [2.05, 4.69) is 53.1 Å². The summed E-state index contributed by atoms with van der Waals surface area (Å²) in [6.07, 6.45) is 6.41. The first-order chi connectivity index (χ1) is 14.1. The Morgan fingerprint density at radius 3 is 2.66 bits per heavy atom. The summed E-state index contributed by atoms with van der Waals surface area (Å²) in [4.78, 5) is 23.2. The lowest BCUT2D eigenvalue weighted by Gasteiger charge is -2.16. The minimum atomic E-state index is -0.0570. The van der Waals surface area contributed by atoms with Gasteiger partial charge in [0.15, 0.2) is 5.65 Å². The third-order valence-electron chi connectivity index (χ3n) is 6.72. The molecule has 0 amide bonds. The van der Waals surface area contributed by atoms with Crippen molar-refractivity contribution in [2.75, 3.05) is 13.1 Å². The predicted octanol–water partition coefficient (Wildman–Crippen LogP) is 3.78. The van der Waals surface area contributed by atoms with Crippen LogP contribution in [0.2, 0.25) is 0 Å². The number of fused-ring (bicyclic) bond motifs is 1. The molecule has 2 fully saturated rings. The van der Waals surface area contributed by atoms with Crippen molar-refractivity contribution in [3.8, 4) is 0 Å². The second kappa shape index (κ2) is 7.41. The number of aryl methyl sites for hydroxylation is 1. The second-order valence-electron chi connectivity index (χ2n) is 8.98. The molecule has 1 N–H and O–H groups in total. The Bertz CT molecular complexity index is 1060. The number of nitrogens with zero attached hydrogens (tertiary/aromatic N) is 4. The van der Waals surface area contributed by atoms with Gasteiger partial charge in [0.25, 0.3) is 5.56 Å². The quantitative estimate of drug-likeness (QED) is 0.735. The number of hydrogen-bond acceptors (Lipinski definition) is 4. The summed E-state index contributed by atoms with van der Waals surface area (Å²) in [6.45, 7) is 7.25. The zero-order valence-electron chi connectivity index (χ0n) is 17.3. The topological polar surface area (TPSA) is 66.8 Å². The van der Waals surface area contributed by atoms with Crippen LogP contribution < -0.4 is 5.56 Å². The number of hydrogen-bond donors (Lipinski definition) is 1. The lowest BCUT2D eigenvalue weighted by atomic mass is 9.97. The van der Waals surface area contributed by atoms with Crippen molar-refractivity contribution in [3.63, 3.8) is 0 Å². The summed E-state index contributed by atoms with van der Waals surface area (Å²) in [5.41, 5.74) is 3.33. The lowest BCUT2D eigenvalue weighted by Crippen LogP contribution is -2.21. The first-order valence-corrected chi connectivity index (χ1v) is 10.8. The number of H-pyrrole nitrogens is 1. The van der Waals surface area contributed by atoms with E-state index in [1.54, 1.807) is 6.20 Å². The maximum Gasteiger partial charge on any atom is 0.262 e. The molecule has 152 valence electrons. The Hall–Kier alpha value is -2.47. The summed E-state index contributed by atoms with van der Waals surface area (Å²) in [7, 11) is 0. The molecule has 6 nitrogen and oxygen atoms in total. The molecule has 5 rings (SSSR count). The fourth-order valence-electron chi connectivity index (χ4n) is 5.05. The van der Waals surface area contributed by atoms with E-state index in [-0.39, 0.29) is 11.5 Å². The minimum absolute atomic E-state index is 0.0570. The molecule has 1 aromatic carbocycles. The Morgan fingerprint density at radius 2 is 1.90 bits per heavy atom. The van der Waals surface area contributed by atoms with Gasteiger partial charge in [-0.15, -0.1) is 0 Å². The molecular weight excluding hydrogens is 362 g/mol. The van der Waals surface area contributed by atoms with Crippen LogP contribution in [0.4, 0.5) is 0 Å². The van der Waals surface area contributed by atoms with E-state index in [0.29, 0.717) is 17.3 Å². The minimum Gasteiger partial charge on any atom is -0.310 e. The van der Waals surface area contributed by atoms with Crippen LogP contribution in [0.5, 0.6) is 0 Å². The summed E-state index contributed by atoms with van der Waals surface area (Å²) in [5.74, 6) is 1.51. The Kier molecular flexibility index (Phi) is 4.74. The highest BCUT2D eigenvalue weighted by atomic mass is 16.1.